The lowest BCUT2D eigenvalue weighted by Gasteiger charge is -2.35. The van der Waals surface area contributed by atoms with Crippen LogP contribution < -0.4 is 10.2 Å². The fourth-order valence-corrected chi connectivity index (χ4v) is 5.26. The standard InChI is InChI=1S/C22H22Cl2N4OS2/c1-27-8-10-28(11-9-27)20-7-6-17(24)12-18(20)25-21(29)14-31-22-26-19(13-30-22)15-2-4-16(23)5-3-15/h2-7,12-13H,8-11,14H2,1H3,(H,25,29). The van der Waals surface area contributed by atoms with E-state index in [2.05, 4.69) is 27.1 Å². The van der Waals surface area contributed by atoms with Gasteiger partial charge in [-0.2, -0.15) is 0 Å². The van der Waals surface area contributed by atoms with Gasteiger partial charge >= 0.3 is 0 Å². The van der Waals surface area contributed by atoms with Crippen LogP contribution in [-0.4, -0.2) is 54.8 Å². The molecule has 162 valence electrons. The number of hydrogen-bond acceptors (Lipinski definition) is 6. The van der Waals surface area contributed by atoms with Crippen molar-refractivity contribution in [1.29, 1.82) is 0 Å². The second kappa shape index (κ2) is 10.2. The van der Waals surface area contributed by atoms with Gasteiger partial charge in [-0.3, -0.25) is 4.79 Å². The lowest BCUT2D eigenvalue weighted by Crippen LogP contribution is -2.44. The number of halogens is 2. The summed E-state index contributed by atoms with van der Waals surface area (Å²) in [4.78, 5) is 21.9. The molecule has 1 N–H and O–H groups in total. The minimum atomic E-state index is -0.0779. The molecular weight excluding hydrogens is 471 g/mol. The van der Waals surface area contributed by atoms with Gasteiger partial charge in [0.1, 0.15) is 0 Å². The number of hydrogen-bond donors (Lipinski definition) is 1. The van der Waals surface area contributed by atoms with Crippen molar-refractivity contribution in [2.24, 2.45) is 0 Å². The first-order valence-corrected chi connectivity index (χ1v) is 12.5. The Kier molecular flexibility index (Phi) is 7.40. The largest absolute Gasteiger partial charge is 0.367 e. The maximum absolute atomic E-state index is 12.7. The predicted molar refractivity (Wildman–Crippen MR) is 133 cm³/mol. The minimum absolute atomic E-state index is 0.0779. The number of benzene rings is 2. The van der Waals surface area contributed by atoms with Gasteiger partial charge in [0.05, 0.1) is 22.8 Å². The van der Waals surface area contributed by atoms with E-state index in [1.807, 2.05) is 47.8 Å². The van der Waals surface area contributed by atoms with Gasteiger partial charge in [0.2, 0.25) is 5.91 Å². The first-order valence-electron chi connectivity index (χ1n) is 9.85. The van der Waals surface area contributed by atoms with E-state index in [1.54, 1.807) is 0 Å². The smallest absolute Gasteiger partial charge is 0.234 e. The molecule has 1 fully saturated rings. The molecule has 1 aromatic heterocycles. The molecule has 0 spiro atoms. The van der Waals surface area contributed by atoms with E-state index in [0.717, 1.165) is 53.2 Å². The molecule has 1 amide bonds. The van der Waals surface area contributed by atoms with Crippen LogP contribution in [0.4, 0.5) is 11.4 Å². The SMILES string of the molecule is CN1CCN(c2ccc(Cl)cc2NC(=O)CSc2nc(-c3ccc(Cl)cc3)cs2)CC1. The number of anilines is 2. The van der Waals surface area contributed by atoms with Crippen LogP contribution in [0.5, 0.6) is 0 Å². The molecule has 2 aromatic carbocycles. The molecule has 0 unspecified atom stereocenters. The van der Waals surface area contributed by atoms with E-state index in [4.69, 9.17) is 23.2 Å². The number of carbonyl (C=O) groups excluding carboxylic acids is 1. The average Bonchev–Trinajstić information content (AvgIpc) is 3.23. The van der Waals surface area contributed by atoms with Crippen LogP contribution in [0.15, 0.2) is 52.2 Å². The number of amides is 1. The number of likely N-dealkylation sites (N-methyl/N-ethyl adjacent to an activating group) is 1. The van der Waals surface area contributed by atoms with Crippen molar-refractivity contribution >= 4 is 63.6 Å². The molecule has 1 saturated heterocycles. The summed E-state index contributed by atoms with van der Waals surface area (Å²) in [7, 11) is 2.12. The quantitative estimate of drug-likeness (QED) is 0.453. The molecule has 0 saturated carbocycles. The van der Waals surface area contributed by atoms with Crippen LogP contribution in [0.25, 0.3) is 11.3 Å². The van der Waals surface area contributed by atoms with Crippen molar-refractivity contribution in [1.82, 2.24) is 9.88 Å². The molecule has 4 rings (SSSR count). The minimum Gasteiger partial charge on any atom is -0.367 e. The topological polar surface area (TPSA) is 48.5 Å². The zero-order valence-electron chi connectivity index (χ0n) is 17.0. The zero-order chi connectivity index (χ0) is 21.8. The van der Waals surface area contributed by atoms with Crippen molar-refractivity contribution in [2.45, 2.75) is 4.34 Å². The van der Waals surface area contributed by atoms with Gasteiger partial charge in [0, 0.05) is 47.2 Å². The Hall–Kier alpha value is -1.77. The summed E-state index contributed by atoms with van der Waals surface area (Å²) < 4.78 is 0.852. The van der Waals surface area contributed by atoms with Crippen molar-refractivity contribution in [3.8, 4) is 11.3 Å². The van der Waals surface area contributed by atoms with Gasteiger partial charge in [-0.05, 0) is 37.4 Å². The molecule has 5 nitrogen and oxygen atoms in total. The molecule has 0 aliphatic carbocycles. The van der Waals surface area contributed by atoms with Gasteiger partial charge in [0.25, 0.3) is 0 Å². The summed E-state index contributed by atoms with van der Waals surface area (Å²) in [5.74, 6) is 0.202. The van der Waals surface area contributed by atoms with Crippen molar-refractivity contribution < 1.29 is 4.79 Å². The Balaban J connectivity index is 1.38. The van der Waals surface area contributed by atoms with Crippen molar-refractivity contribution in [3.05, 3.63) is 57.9 Å². The van der Waals surface area contributed by atoms with Crippen molar-refractivity contribution in [2.75, 3.05) is 49.2 Å². The van der Waals surface area contributed by atoms with Gasteiger partial charge in [-0.25, -0.2) is 4.98 Å². The number of aromatic nitrogens is 1. The van der Waals surface area contributed by atoms with Gasteiger partial charge < -0.3 is 15.1 Å². The van der Waals surface area contributed by atoms with E-state index in [9.17, 15) is 4.79 Å². The van der Waals surface area contributed by atoms with E-state index < -0.39 is 0 Å². The lowest BCUT2D eigenvalue weighted by atomic mass is 10.2. The predicted octanol–water partition coefficient (Wildman–Crippen LogP) is 5.60. The normalized spacial score (nSPS) is 14.6. The molecule has 1 aliphatic heterocycles. The highest BCUT2D eigenvalue weighted by molar-refractivity contribution is 8.01. The van der Waals surface area contributed by atoms with Crippen molar-refractivity contribution in [3.63, 3.8) is 0 Å². The third-order valence-electron chi connectivity index (χ3n) is 5.03. The second-order valence-corrected chi connectivity index (χ2v) is 10.2. The molecule has 0 atom stereocenters. The highest BCUT2D eigenvalue weighted by Gasteiger charge is 2.18. The van der Waals surface area contributed by atoms with E-state index >= 15 is 0 Å². The van der Waals surface area contributed by atoms with E-state index in [1.165, 1.54) is 23.1 Å². The molecular formula is C22H22Cl2N4OS2. The first-order chi connectivity index (χ1) is 15.0. The molecule has 2 heterocycles. The second-order valence-electron chi connectivity index (χ2n) is 7.29. The monoisotopic (exact) mass is 492 g/mol. The summed E-state index contributed by atoms with van der Waals surface area (Å²) in [6.45, 7) is 3.82. The van der Waals surface area contributed by atoms with Gasteiger partial charge in [-0.1, -0.05) is 47.1 Å². The Bertz CT molecular complexity index is 1050. The number of thioether (sulfide) groups is 1. The fourth-order valence-electron chi connectivity index (χ4n) is 3.32. The van der Waals surface area contributed by atoms with Crippen LogP contribution in [0.1, 0.15) is 0 Å². The maximum Gasteiger partial charge on any atom is 0.234 e. The number of nitrogens with zero attached hydrogens (tertiary/aromatic N) is 3. The number of thiazole rings is 1. The number of nitrogens with one attached hydrogen (secondary N) is 1. The number of rotatable bonds is 6. The summed E-state index contributed by atoms with van der Waals surface area (Å²) in [5.41, 5.74) is 3.66. The average molecular weight is 493 g/mol. The van der Waals surface area contributed by atoms with E-state index in [0.29, 0.717) is 10.0 Å². The molecule has 0 radical (unpaired) electrons. The van der Waals surface area contributed by atoms with Crippen LogP contribution >= 0.6 is 46.3 Å². The number of carbonyl (C=O) groups is 1. The Morgan fingerprint density at radius 2 is 1.81 bits per heavy atom. The first kappa shape index (κ1) is 22.4. The summed E-state index contributed by atoms with van der Waals surface area (Å²) >= 11 is 15.1. The third-order valence-corrected chi connectivity index (χ3v) is 7.53. The molecule has 31 heavy (non-hydrogen) atoms. The molecule has 1 aliphatic rings. The molecule has 0 bridgehead atoms. The summed E-state index contributed by atoms with van der Waals surface area (Å²) in [5, 5.41) is 6.33. The van der Waals surface area contributed by atoms with Gasteiger partial charge in [0.15, 0.2) is 4.34 Å². The number of piperazine rings is 1. The highest BCUT2D eigenvalue weighted by atomic mass is 35.5. The molecule has 3 aromatic rings. The van der Waals surface area contributed by atoms with Crippen LogP contribution in [0.2, 0.25) is 10.0 Å². The summed E-state index contributed by atoms with van der Waals surface area (Å²) in [6, 6.07) is 13.2. The third kappa shape index (κ3) is 5.93. The van der Waals surface area contributed by atoms with Gasteiger partial charge in [-0.15, -0.1) is 11.3 Å². The van der Waals surface area contributed by atoms with Crippen LogP contribution in [0, 0.1) is 0 Å². The zero-order valence-corrected chi connectivity index (χ0v) is 20.1. The maximum atomic E-state index is 12.7. The molecule has 9 heteroatoms. The fraction of sp³-hybridized carbons (Fsp3) is 0.273. The lowest BCUT2D eigenvalue weighted by molar-refractivity contribution is -0.113. The Labute approximate surface area is 200 Å². The Morgan fingerprint density at radius 1 is 1.10 bits per heavy atom. The summed E-state index contributed by atoms with van der Waals surface area (Å²) in [6.07, 6.45) is 0. The Morgan fingerprint density at radius 3 is 2.55 bits per heavy atom. The van der Waals surface area contributed by atoms with Crippen LogP contribution in [-0.2, 0) is 4.79 Å². The van der Waals surface area contributed by atoms with Crippen LogP contribution in [0.3, 0.4) is 0 Å². The van der Waals surface area contributed by atoms with E-state index in [-0.39, 0.29) is 11.7 Å². The highest BCUT2D eigenvalue weighted by Crippen LogP contribution is 2.32.